The summed E-state index contributed by atoms with van der Waals surface area (Å²) in [6.45, 7) is 0. The smallest absolute Gasteiger partial charge is 0.305 e. The number of benzene rings is 1. The summed E-state index contributed by atoms with van der Waals surface area (Å²) in [6.07, 6.45) is 0. The fourth-order valence-corrected chi connectivity index (χ4v) is 2.27. The summed E-state index contributed by atoms with van der Waals surface area (Å²) in [6, 6.07) is 10.3. The van der Waals surface area contributed by atoms with E-state index in [0.29, 0.717) is 0 Å². The Morgan fingerprint density at radius 1 is 1.29 bits per heavy atom. The van der Waals surface area contributed by atoms with Gasteiger partial charge in [0, 0.05) is 10.1 Å². The van der Waals surface area contributed by atoms with Crippen LogP contribution in [-0.2, 0) is 26.8 Å². The Morgan fingerprint density at radius 3 is 2.71 bits per heavy atom. The van der Waals surface area contributed by atoms with E-state index < -0.39 is 0 Å². The van der Waals surface area contributed by atoms with Crippen LogP contribution in [0.5, 0.6) is 0 Å². The van der Waals surface area contributed by atoms with Gasteiger partial charge in [0.1, 0.15) is 0 Å². The summed E-state index contributed by atoms with van der Waals surface area (Å²) in [5.41, 5.74) is 4.03. The van der Waals surface area contributed by atoms with Crippen molar-refractivity contribution in [3.05, 3.63) is 41.4 Å². The van der Waals surface area contributed by atoms with E-state index in [1.165, 1.54) is 16.9 Å². The summed E-state index contributed by atoms with van der Waals surface area (Å²) in [4.78, 5) is 0. The van der Waals surface area contributed by atoms with E-state index in [0.717, 1.165) is 10.1 Å². The molecule has 0 aliphatic heterocycles. The quantitative estimate of drug-likeness (QED) is 0.595. The van der Waals surface area contributed by atoms with Crippen molar-refractivity contribution in [1.29, 1.82) is 0 Å². The summed E-state index contributed by atoms with van der Waals surface area (Å²) in [7, 11) is 0. The summed E-state index contributed by atoms with van der Waals surface area (Å²) in [5.74, 6) is 0.948. The number of aromatic nitrogens is 2. The third-order valence-corrected chi connectivity index (χ3v) is 3.35. The van der Waals surface area contributed by atoms with Crippen LogP contribution in [0, 0.1) is 5.51 Å². The van der Waals surface area contributed by atoms with Gasteiger partial charge in [-0.05, 0) is 5.56 Å². The van der Waals surface area contributed by atoms with Gasteiger partial charge in [-0.1, -0.05) is 35.8 Å². The average molecular weight is 391 g/mol. The maximum absolute atomic E-state index is 3.91. The molecule has 0 unspecified atom stereocenters. The van der Waals surface area contributed by atoms with Crippen LogP contribution < -0.4 is 0 Å². The molecule has 14 heavy (non-hydrogen) atoms. The molecule has 5 heteroatoms. The van der Waals surface area contributed by atoms with E-state index in [4.69, 9.17) is 0 Å². The Balaban J connectivity index is 0.000000980. The molecule has 1 heterocycles. The Kier molecular flexibility index (Phi) is 5.38. The predicted molar refractivity (Wildman–Crippen MR) is 54.7 cm³/mol. The second kappa shape index (κ2) is 6.33. The first-order valence-electron chi connectivity index (χ1n) is 3.81. The van der Waals surface area contributed by atoms with Gasteiger partial charge in [0.25, 0.3) is 0 Å². The zero-order valence-electron chi connectivity index (χ0n) is 7.21. The zero-order chi connectivity index (χ0) is 8.93. The van der Waals surface area contributed by atoms with Gasteiger partial charge in [0.15, 0.2) is 0 Å². The fourth-order valence-electron chi connectivity index (χ4n) is 0.919. The molecule has 2 nitrogen and oxygen atoms in total. The SMILES string of the molecule is [W+2].[c-]1nnc(SCc2ccccc2)s1. The molecule has 70 valence electrons. The number of nitrogens with zero attached hydrogens (tertiary/aromatic N) is 2. The van der Waals surface area contributed by atoms with Crippen LogP contribution >= 0.6 is 23.1 Å². The number of hydrogen-bond acceptors (Lipinski definition) is 4. The molecule has 0 radical (unpaired) electrons. The van der Waals surface area contributed by atoms with E-state index in [1.54, 1.807) is 11.8 Å². The van der Waals surface area contributed by atoms with Gasteiger partial charge in [0.2, 0.25) is 0 Å². The molecular formula is C9H7N2S2W+. The third kappa shape index (κ3) is 3.52. The van der Waals surface area contributed by atoms with Crippen molar-refractivity contribution in [2.75, 3.05) is 0 Å². The molecule has 0 amide bonds. The molecule has 1 aromatic heterocycles. The molecule has 2 rings (SSSR count). The summed E-state index contributed by atoms with van der Waals surface area (Å²) >= 11 is 3.15. The molecule has 0 atom stereocenters. The molecule has 0 bridgehead atoms. The van der Waals surface area contributed by atoms with Crippen molar-refractivity contribution in [3.8, 4) is 0 Å². The van der Waals surface area contributed by atoms with Crippen molar-refractivity contribution < 1.29 is 21.1 Å². The first-order valence-corrected chi connectivity index (χ1v) is 5.61. The van der Waals surface area contributed by atoms with Gasteiger partial charge in [-0.15, -0.1) is 0 Å². The predicted octanol–water partition coefficient (Wildman–Crippen LogP) is 2.63. The maximum atomic E-state index is 3.91. The first kappa shape index (κ1) is 11.9. The number of rotatable bonds is 3. The Hall–Kier alpha value is -0.182. The Bertz CT molecular complexity index is 350. The van der Waals surface area contributed by atoms with Crippen LogP contribution in [0.1, 0.15) is 5.56 Å². The third-order valence-electron chi connectivity index (χ3n) is 1.51. The van der Waals surface area contributed by atoms with Crippen LogP contribution in [0.4, 0.5) is 0 Å². The molecule has 1 aromatic carbocycles. The number of hydrogen-bond donors (Lipinski definition) is 0. The van der Waals surface area contributed by atoms with Crippen molar-refractivity contribution in [2.24, 2.45) is 0 Å². The summed E-state index contributed by atoms with van der Waals surface area (Å²) < 4.78 is 0.976. The van der Waals surface area contributed by atoms with Gasteiger partial charge in [-0.3, -0.25) is 10.2 Å². The second-order valence-electron chi connectivity index (χ2n) is 2.43. The molecule has 0 fully saturated rings. The Morgan fingerprint density at radius 2 is 2.07 bits per heavy atom. The van der Waals surface area contributed by atoms with Gasteiger partial charge in [0.05, 0.1) is 0 Å². The first-order chi connectivity index (χ1) is 6.45. The van der Waals surface area contributed by atoms with E-state index >= 15 is 0 Å². The second-order valence-corrected chi connectivity index (χ2v) is 4.43. The zero-order valence-corrected chi connectivity index (χ0v) is 11.8. The molecule has 0 spiro atoms. The van der Waals surface area contributed by atoms with E-state index in [9.17, 15) is 0 Å². The van der Waals surface area contributed by atoms with Gasteiger partial charge in [-0.2, -0.15) is 11.8 Å². The minimum atomic E-state index is 0. The normalized spacial score (nSPS) is 9.43. The molecule has 0 aliphatic rings. The molecule has 2 aromatic rings. The van der Waals surface area contributed by atoms with Crippen molar-refractivity contribution in [2.45, 2.75) is 10.1 Å². The van der Waals surface area contributed by atoms with E-state index in [2.05, 4.69) is 27.8 Å². The Labute approximate surface area is 105 Å². The van der Waals surface area contributed by atoms with Crippen molar-refractivity contribution >= 4 is 23.1 Å². The number of thioether (sulfide) groups is 1. The van der Waals surface area contributed by atoms with Crippen LogP contribution in [0.15, 0.2) is 34.7 Å². The topological polar surface area (TPSA) is 25.8 Å². The standard InChI is InChI=1S/C9H7N2S2.W/c1-2-4-8(5-3-1)6-12-9-11-10-7-13-9;/h1-5H,6H2;/q-1;+2. The summed E-state index contributed by atoms with van der Waals surface area (Å²) in [5, 5.41) is 7.56. The monoisotopic (exact) mass is 391 g/mol. The fraction of sp³-hybridized carbons (Fsp3) is 0.111. The van der Waals surface area contributed by atoms with Crippen LogP contribution in [0.25, 0.3) is 0 Å². The van der Waals surface area contributed by atoms with Crippen LogP contribution in [0.3, 0.4) is 0 Å². The van der Waals surface area contributed by atoms with Crippen LogP contribution in [-0.4, -0.2) is 10.2 Å². The largest absolute Gasteiger partial charge is 2.00 e. The van der Waals surface area contributed by atoms with E-state index in [-0.39, 0.29) is 21.1 Å². The van der Waals surface area contributed by atoms with Gasteiger partial charge < -0.3 is 11.3 Å². The minimum Gasteiger partial charge on any atom is -0.305 e. The molecule has 0 saturated heterocycles. The molecule has 0 N–H and O–H groups in total. The van der Waals surface area contributed by atoms with Crippen LogP contribution in [0.2, 0.25) is 0 Å². The molecule has 0 aliphatic carbocycles. The van der Waals surface area contributed by atoms with Crippen molar-refractivity contribution in [3.63, 3.8) is 0 Å². The van der Waals surface area contributed by atoms with Gasteiger partial charge in [-0.25, -0.2) is 0 Å². The average Bonchev–Trinajstić information content (AvgIpc) is 2.69. The minimum absolute atomic E-state index is 0. The molecule has 0 saturated carbocycles. The maximum Gasteiger partial charge on any atom is 2.00 e. The van der Waals surface area contributed by atoms with Crippen molar-refractivity contribution in [1.82, 2.24) is 10.2 Å². The van der Waals surface area contributed by atoms with E-state index in [1.807, 2.05) is 18.2 Å². The van der Waals surface area contributed by atoms with Gasteiger partial charge >= 0.3 is 21.1 Å². The molecular weight excluding hydrogens is 384 g/mol.